The van der Waals surface area contributed by atoms with Crippen molar-refractivity contribution in [2.75, 3.05) is 0 Å². The normalized spacial score (nSPS) is 13.5. The molecule has 76 valence electrons. The molecule has 6 nitrogen and oxygen atoms in total. The van der Waals surface area contributed by atoms with E-state index >= 15 is 0 Å². The van der Waals surface area contributed by atoms with Gasteiger partial charge < -0.3 is 14.5 Å². The Hall–Kier alpha value is -0.680. The third-order valence-electron chi connectivity index (χ3n) is 1.00. The lowest BCUT2D eigenvalue weighted by Gasteiger charge is -2.15. The summed E-state index contributed by atoms with van der Waals surface area (Å²) in [6.45, 7) is 4.67. The first-order chi connectivity index (χ1) is 5.89. The highest BCUT2D eigenvalue weighted by molar-refractivity contribution is 7.46. The molecule has 0 spiro atoms. The maximum Gasteiger partial charge on any atom is 0.472 e. The number of hydrogen-bond acceptors (Lipinski definition) is 4. The average molecular weight is 210 g/mol. The van der Waals surface area contributed by atoms with Crippen LogP contribution in [-0.4, -0.2) is 22.0 Å². The molecule has 1 atom stereocenters. The van der Waals surface area contributed by atoms with Gasteiger partial charge >= 0.3 is 13.8 Å². The molecule has 0 aromatic heterocycles. The third-order valence-corrected chi connectivity index (χ3v) is 1.51. The predicted molar refractivity (Wildman–Crippen MR) is 43.5 cm³/mol. The second kappa shape index (κ2) is 5.14. The predicted octanol–water partition coefficient (Wildman–Crippen LogP) is 0.561. The molecule has 0 rings (SSSR count). The van der Waals surface area contributed by atoms with Gasteiger partial charge in [-0.15, -0.1) is 0 Å². The molecule has 0 aliphatic carbocycles. The number of ether oxygens (including phenoxy) is 1. The minimum atomic E-state index is -4.62. The van der Waals surface area contributed by atoms with E-state index in [0.717, 1.165) is 6.08 Å². The summed E-state index contributed by atoms with van der Waals surface area (Å²) in [5, 5.41) is 0. The zero-order chi connectivity index (χ0) is 10.5. The molecule has 0 heterocycles. The van der Waals surface area contributed by atoms with Crippen molar-refractivity contribution in [1.29, 1.82) is 0 Å². The van der Waals surface area contributed by atoms with Crippen LogP contribution in [0, 0.1) is 0 Å². The lowest BCUT2D eigenvalue weighted by atomic mass is 10.5. The Morgan fingerprint density at radius 3 is 2.54 bits per heavy atom. The van der Waals surface area contributed by atoms with Crippen molar-refractivity contribution in [3.8, 4) is 0 Å². The van der Waals surface area contributed by atoms with E-state index in [1.54, 1.807) is 6.92 Å². The largest absolute Gasteiger partial charge is 0.472 e. The van der Waals surface area contributed by atoms with Crippen LogP contribution in [0.15, 0.2) is 12.7 Å². The van der Waals surface area contributed by atoms with Crippen LogP contribution in [0.1, 0.15) is 13.3 Å². The molecule has 0 saturated carbocycles. The van der Waals surface area contributed by atoms with Gasteiger partial charge in [0.05, 0.1) is 0 Å². The first kappa shape index (κ1) is 12.3. The number of esters is 1. The zero-order valence-corrected chi connectivity index (χ0v) is 7.94. The van der Waals surface area contributed by atoms with E-state index < -0.39 is 20.1 Å². The standard InChI is InChI=1S/C6H11O6P/c1-3-5(7)11-6(4-2)12-13(8,9)10/h3,6H,1,4H2,2H3,(H2,8,9,10). The lowest BCUT2D eigenvalue weighted by Crippen LogP contribution is -2.18. The average Bonchev–Trinajstić information content (AvgIpc) is 2.00. The molecule has 0 aromatic carbocycles. The summed E-state index contributed by atoms with van der Waals surface area (Å²) in [4.78, 5) is 27.3. The second-order valence-corrected chi connectivity index (χ2v) is 3.27. The Bertz CT molecular complexity index is 231. The molecule has 0 aliphatic rings. The lowest BCUT2D eigenvalue weighted by molar-refractivity contribution is -0.159. The van der Waals surface area contributed by atoms with Crippen LogP contribution in [0.2, 0.25) is 0 Å². The number of carbonyl (C=O) groups is 1. The van der Waals surface area contributed by atoms with Crippen molar-refractivity contribution in [1.82, 2.24) is 0 Å². The highest BCUT2D eigenvalue weighted by atomic mass is 31.2. The van der Waals surface area contributed by atoms with Crippen LogP contribution >= 0.6 is 7.82 Å². The zero-order valence-electron chi connectivity index (χ0n) is 7.04. The molecule has 0 amide bonds. The van der Waals surface area contributed by atoms with Crippen molar-refractivity contribution in [3.63, 3.8) is 0 Å². The summed E-state index contributed by atoms with van der Waals surface area (Å²) in [5.41, 5.74) is 0. The molecule has 0 saturated heterocycles. The Kier molecular flexibility index (Phi) is 4.87. The van der Waals surface area contributed by atoms with E-state index in [4.69, 9.17) is 9.79 Å². The van der Waals surface area contributed by atoms with Crippen LogP contribution in [-0.2, 0) is 18.6 Å². The molecule has 0 bridgehead atoms. The molecular weight excluding hydrogens is 199 g/mol. The molecule has 0 aromatic rings. The maximum atomic E-state index is 10.6. The van der Waals surface area contributed by atoms with Gasteiger partial charge in [-0.1, -0.05) is 13.5 Å². The second-order valence-electron chi connectivity index (χ2n) is 2.07. The minimum Gasteiger partial charge on any atom is -0.432 e. The summed E-state index contributed by atoms with van der Waals surface area (Å²) < 4.78 is 18.9. The van der Waals surface area contributed by atoms with E-state index in [-0.39, 0.29) is 6.42 Å². The van der Waals surface area contributed by atoms with Gasteiger partial charge in [-0.2, -0.15) is 0 Å². The van der Waals surface area contributed by atoms with Gasteiger partial charge in [0, 0.05) is 12.5 Å². The van der Waals surface area contributed by atoms with Crippen molar-refractivity contribution in [2.45, 2.75) is 19.6 Å². The summed E-state index contributed by atoms with van der Waals surface area (Å²) in [6.07, 6.45) is -0.220. The molecule has 0 aliphatic heterocycles. The number of phosphoric ester groups is 1. The summed E-state index contributed by atoms with van der Waals surface area (Å²) in [6, 6.07) is 0. The molecule has 7 heteroatoms. The van der Waals surface area contributed by atoms with Crippen LogP contribution in [0.5, 0.6) is 0 Å². The van der Waals surface area contributed by atoms with Crippen LogP contribution in [0.3, 0.4) is 0 Å². The third kappa shape index (κ3) is 6.48. The molecule has 1 unspecified atom stereocenters. The fraction of sp³-hybridized carbons (Fsp3) is 0.500. The number of rotatable bonds is 5. The molecule has 0 radical (unpaired) electrons. The fourth-order valence-corrected chi connectivity index (χ4v) is 1.01. The van der Waals surface area contributed by atoms with Gasteiger partial charge in [-0.25, -0.2) is 13.9 Å². The maximum absolute atomic E-state index is 10.6. The number of phosphoric acid groups is 1. The van der Waals surface area contributed by atoms with Gasteiger partial charge in [0.15, 0.2) is 0 Å². The topological polar surface area (TPSA) is 93.1 Å². The van der Waals surface area contributed by atoms with E-state index in [9.17, 15) is 9.36 Å². The number of carbonyl (C=O) groups excluding carboxylic acids is 1. The van der Waals surface area contributed by atoms with Gasteiger partial charge in [0.2, 0.25) is 6.29 Å². The SMILES string of the molecule is C=CC(=O)OC(CC)OP(=O)(O)O. The van der Waals surface area contributed by atoms with Gasteiger partial charge in [-0.3, -0.25) is 0 Å². The smallest absolute Gasteiger partial charge is 0.432 e. The van der Waals surface area contributed by atoms with Gasteiger partial charge in [0.1, 0.15) is 0 Å². The van der Waals surface area contributed by atoms with E-state index in [2.05, 4.69) is 15.8 Å². The van der Waals surface area contributed by atoms with Crippen molar-refractivity contribution in [3.05, 3.63) is 12.7 Å². The fourth-order valence-electron chi connectivity index (χ4n) is 0.510. The highest BCUT2D eigenvalue weighted by Crippen LogP contribution is 2.38. The van der Waals surface area contributed by atoms with Gasteiger partial charge in [-0.05, 0) is 0 Å². The van der Waals surface area contributed by atoms with Crippen molar-refractivity contribution >= 4 is 13.8 Å². The Balaban J connectivity index is 4.12. The quantitative estimate of drug-likeness (QED) is 0.298. The van der Waals surface area contributed by atoms with E-state index in [0.29, 0.717) is 0 Å². The van der Waals surface area contributed by atoms with E-state index in [1.807, 2.05) is 0 Å². The highest BCUT2D eigenvalue weighted by Gasteiger charge is 2.22. The van der Waals surface area contributed by atoms with Crippen molar-refractivity contribution in [2.24, 2.45) is 0 Å². The van der Waals surface area contributed by atoms with Crippen LogP contribution < -0.4 is 0 Å². The first-order valence-electron chi connectivity index (χ1n) is 3.46. The molecule has 13 heavy (non-hydrogen) atoms. The minimum absolute atomic E-state index is 0.144. The van der Waals surface area contributed by atoms with Gasteiger partial charge in [0.25, 0.3) is 0 Å². The molecule has 0 fully saturated rings. The summed E-state index contributed by atoms with van der Waals surface area (Å²) in [5.74, 6) is -0.791. The Morgan fingerprint density at radius 2 is 2.23 bits per heavy atom. The monoisotopic (exact) mass is 210 g/mol. The Labute approximate surface area is 75.4 Å². The number of hydrogen-bond donors (Lipinski definition) is 2. The van der Waals surface area contributed by atoms with E-state index in [1.165, 1.54) is 0 Å². The van der Waals surface area contributed by atoms with Crippen molar-refractivity contribution < 1.29 is 28.4 Å². The molecular formula is C6H11O6P. The summed E-state index contributed by atoms with van der Waals surface area (Å²) >= 11 is 0. The summed E-state index contributed by atoms with van der Waals surface area (Å²) in [7, 11) is -4.62. The first-order valence-corrected chi connectivity index (χ1v) is 4.99. The van der Waals surface area contributed by atoms with Crippen LogP contribution in [0.4, 0.5) is 0 Å². The molecule has 2 N–H and O–H groups in total. The Morgan fingerprint density at radius 1 is 1.69 bits per heavy atom. The van der Waals surface area contributed by atoms with Crippen LogP contribution in [0.25, 0.3) is 0 Å².